The van der Waals surface area contributed by atoms with Crippen molar-refractivity contribution in [2.24, 2.45) is 0 Å². The summed E-state index contributed by atoms with van der Waals surface area (Å²) in [6.45, 7) is 9.72. The summed E-state index contributed by atoms with van der Waals surface area (Å²) in [5.74, 6) is 2.11. The molecule has 0 N–H and O–H groups in total. The van der Waals surface area contributed by atoms with Gasteiger partial charge in [0.25, 0.3) is 5.78 Å². The summed E-state index contributed by atoms with van der Waals surface area (Å²) >= 11 is 0. The van der Waals surface area contributed by atoms with Crippen LogP contribution < -0.4 is 4.74 Å². The molecule has 1 amide bonds. The summed E-state index contributed by atoms with van der Waals surface area (Å²) < 4.78 is 8.05. The van der Waals surface area contributed by atoms with E-state index in [1.807, 2.05) is 18.7 Å². The van der Waals surface area contributed by atoms with Gasteiger partial charge in [-0.2, -0.15) is 10.1 Å². The molecule has 8 heteroatoms. The highest BCUT2D eigenvalue weighted by molar-refractivity contribution is 5.76. The molecule has 3 heterocycles. The minimum atomic E-state index is 0.151. The molecular formula is C33H42N6O2. The Labute approximate surface area is 243 Å². The zero-order chi connectivity index (χ0) is 28.8. The van der Waals surface area contributed by atoms with Gasteiger partial charge in [-0.05, 0) is 83.2 Å². The predicted molar refractivity (Wildman–Crippen MR) is 161 cm³/mol. The van der Waals surface area contributed by atoms with E-state index in [2.05, 4.69) is 82.5 Å². The molecule has 2 aromatic carbocycles. The second-order valence-electron chi connectivity index (χ2n) is 11.3. The van der Waals surface area contributed by atoms with Crippen molar-refractivity contribution >= 4 is 11.7 Å². The number of ether oxygens (including phenoxy) is 1. The molecule has 0 radical (unpaired) electrons. The average Bonchev–Trinajstić information content (AvgIpc) is 3.43. The number of aromatic nitrogens is 4. The molecule has 1 unspecified atom stereocenters. The molecule has 5 rings (SSSR count). The quantitative estimate of drug-likeness (QED) is 0.341. The maximum Gasteiger partial charge on any atom is 0.252 e. The number of nitrogens with zero attached hydrogens (tertiary/aromatic N) is 6. The summed E-state index contributed by atoms with van der Waals surface area (Å²) in [5, 5.41) is 4.30. The van der Waals surface area contributed by atoms with E-state index in [0.29, 0.717) is 37.7 Å². The van der Waals surface area contributed by atoms with E-state index < -0.39 is 0 Å². The van der Waals surface area contributed by atoms with Crippen LogP contribution in [-0.4, -0.2) is 68.6 Å². The van der Waals surface area contributed by atoms with Crippen molar-refractivity contribution in [3.05, 3.63) is 88.5 Å². The Morgan fingerprint density at radius 1 is 1.02 bits per heavy atom. The zero-order valence-electron chi connectivity index (χ0n) is 24.8. The van der Waals surface area contributed by atoms with E-state index in [4.69, 9.17) is 4.74 Å². The van der Waals surface area contributed by atoms with E-state index in [-0.39, 0.29) is 5.91 Å². The van der Waals surface area contributed by atoms with E-state index in [0.717, 1.165) is 61.6 Å². The second-order valence-corrected chi connectivity index (χ2v) is 11.3. The van der Waals surface area contributed by atoms with Crippen molar-refractivity contribution in [1.82, 2.24) is 29.4 Å². The minimum absolute atomic E-state index is 0.151. The van der Waals surface area contributed by atoms with Crippen LogP contribution in [0.5, 0.6) is 5.75 Å². The predicted octanol–water partition coefficient (Wildman–Crippen LogP) is 5.29. The highest BCUT2D eigenvalue weighted by atomic mass is 16.5. The molecule has 0 saturated heterocycles. The van der Waals surface area contributed by atoms with Gasteiger partial charge in [-0.1, -0.05) is 48.0 Å². The average molecular weight is 555 g/mol. The van der Waals surface area contributed by atoms with Gasteiger partial charge in [0.15, 0.2) is 0 Å². The van der Waals surface area contributed by atoms with E-state index in [1.54, 1.807) is 4.52 Å². The molecule has 8 nitrogen and oxygen atoms in total. The summed E-state index contributed by atoms with van der Waals surface area (Å²) in [6, 6.07) is 17.2. The van der Waals surface area contributed by atoms with Crippen LogP contribution in [0.1, 0.15) is 65.2 Å². The third-order valence-electron chi connectivity index (χ3n) is 8.32. The molecule has 0 saturated carbocycles. The molecule has 1 atom stereocenters. The number of carbonyl (C=O) groups is 1. The summed E-state index contributed by atoms with van der Waals surface area (Å²) in [6.07, 6.45) is 5.64. The SMILES string of the molecule is Cc1ccc2c(c1)CN(C)CCC(c1ccccc1)CCCN(C(=O)CCc1c(C)nc3ncnn3c1C)CCO2. The fourth-order valence-corrected chi connectivity index (χ4v) is 5.98. The number of carbonyl (C=O) groups excluding carboxylic acids is 1. The van der Waals surface area contributed by atoms with Gasteiger partial charge in [0.2, 0.25) is 5.91 Å². The standard InChI is InChI=1S/C33H42N6O2/c1-24-12-14-31-29(21-24)22-37(4)18-16-28(27-9-6-5-7-10-27)11-8-17-38(19-20-41-31)32(40)15-13-30-25(2)36-33-34-23-35-39(33)26(30)3/h5-7,9-10,12,14,21,23,28H,8,11,13,15-20,22H2,1-4H3. The van der Waals surface area contributed by atoms with Crippen molar-refractivity contribution in [3.63, 3.8) is 0 Å². The van der Waals surface area contributed by atoms with Crippen LogP contribution in [-0.2, 0) is 17.8 Å². The van der Waals surface area contributed by atoms with Crippen LogP contribution >= 0.6 is 0 Å². The smallest absolute Gasteiger partial charge is 0.252 e. The first-order valence-electron chi connectivity index (χ1n) is 14.8. The number of fused-ring (bicyclic) bond motifs is 2. The highest BCUT2D eigenvalue weighted by Gasteiger charge is 2.20. The third-order valence-corrected chi connectivity index (χ3v) is 8.32. The Bertz CT molecular complexity index is 1470. The molecule has 216 valence electrons. The molecule has 0 aliphatic carbocycles. The molecule has 0 fully saturated rings. The molecule has 1 aliphatic rings. The number of benzene rings is 2. The molecule has 4 aromatic rings. The van der Waals surface area contributed by atoms with Crippen molar-refractivity contribution < 1.29 is 9.53 Å². The van der Waals surface area contributed by atoms with Gasteiger partial charge >= 0.3 is 0 Å². The molecule has 41 heavy (non-hydrogen) atoms. The lowest BCUT2D eigenvalue weighted by Gasteiger charge is -2.27. The topological polar surface area (TPSA) is 75.9 Å². The fourth-order valence-electron chi connectivity index (χ4n) is 5.98. The highest BCUT2D eigenvalue weighted by Crippen LogP contribution is 2.27. The Morgan fingerprint density at radius 3 is 2.68 bits per heavy atom. The maximum atomic E-state index is 13.6. The summed E-state index contributed by atoms with van der Waals surface area (Å²) in [7, 11) is 2.19. The number of hydrogen-bond donors (Lipinski definition) is 0. The molecule has 0 bridgehead atoms. The van der Waals surface area contributed by atoms with Gasteiger partial charge in [-0.3, -0.25) is 4.79 Å². The van der Waals surface area contributed by atoms with Crippen LogP contribution in [0.15, 0.2) is 54.9 Å². The van der Waals surface area contributed by atoms with E-state index in [9.17, 15) is 4.79 Å². The molecule has 2 aromatic heterocycles. The van der Waals surface area contributed by atoms with Crippen molar-refractivity contribution in [3.8, 4) is 5.75 Å². The Balaban J connectivity index is 1.33. The van der Waals surface area contributed by atoms with Gasteiger partial charge in [-0.15, -0.1) is 0 Å². The lowest BCUT2D eigenvalue weighted by atomic mass is 9.91. The van der Waals surface area contributed by atoms with Crippen molar-refractivity contribution in [2.75, 3.05) is 33.3 Å². The lowest BCUT2D eigenvalue weighted by Crippen LogP contribution is -2.36. The van der Waals surface area contributed by atoms with E-state index >= 15 is 0 Å². The Morgan fingerprint density at radius 2 is 1.85 bits per heavy atom. The number of rotatable bonds is 4. The first-order chi connectivity index (χ1) is 19.9. The largest absolute Gasteiger partial charge is 0.491 e. The van der Waals surface area contributed by atoms with Gasteiger partial charge in [0.05, 0.1) is 6.54 Å². The van der Waals surface area contributed by atoms with Gasteiger partial charge in [-0.25, -0.2) is 9.50 Å². The fraction of sp³-hybridized carbons (Fsp3) is 0.455. The maximum absolute atomic E-state index is 13.6. The van der Waals surface area contributed by atoms with Gasteiger partial charge in [0.1, 0.15) is 18.7 Å². The van der Waals surface area contributed by atoms with Crippen LogP contribution in [0.3, 0.4) is 0 Å². The first-order valence-corrected chi connectivity index (χ1v) is 14.8. The number of hydrogen-bond acceptors (Lipinski definition) is 6. The second kappa shape index (κ2) is 13.3. The first kappa shape index (κ1) is 28.7. The summed E-state index contributed by atoms with van der Waals surface area (Å²) in [4.78, 5) is 26.8. The van der Waals surface area contributed by atoms with Crippen molar-refractivity contribution in [2.45, 2.75) is 65.3 Å². The summed E-state index contributed by atoms with van der Waals surface area (Å²) in [5.41, 5.74) is 6.76. The van der Waals surface area contributed by atoms with Gasteiger partial charge in [0, 0.05) is 36.5 Å². The Hall–Kier alpha value is -3.78. The van der Waals surface area contributed by atoms with Crippen molar-refractivity contribution in [1.29, 1.82) is 0 Å². The molecule has 1 aliphatic heterocycles. The molecule has 0 spiro atoms. The zero-order valence-corrected chi connectivity index (χ0v) is 24.8. The number of amides is 1. The van der Waals surface area contributed by atoms with Gasteiger partial charge < -0.3 is 14.5 Å². The van der Waals surface area contributed by atoms with Crippen LogP contribution in [0.2, 0.25) is 0 Å². The third kappa shape index (κ3) is 7.11. The monoisotopic (exact) mass is 554 g/mol. The van der Waals surface area contributed by atoms with Crippen LogP contribution in [0.25, 0.3) is 5.78 Å². The van der Waals surface area contributed by atoms with Crippen LogP contribution in [0, 0.1) is 20.8 Å². The lowest BCUT2D eigenvalue weighted by molar-refractivity contribution is -0.131. The Kier molecular flexibility index (Phi) is 9.29. The minimum Gasteiger partial charge on any atom is -0.491 e. The molecular weight excluding hydrogens is 512 g/mol. The number of aryl methyl sites for hydroxylation is 3. The van der Waals surface area contributed by atoms with E-state index in [1.165, 1.54) is 23.0 Å². The normalized spacial score (nSPS) is 17.6. The van der Waals surface area contributed by atoms with Crippen LogP contribution in [0.4, 0.5) is 0 Å².